The van der Waals surface area contributed by atoms with Gasteiger partial charge in [0.05, 0.1) is 42.6 Å². The maximum atomic E-state index is 12.6. The molecule has 0 unspecified atom stereocenters. The molecular weight excluding hydrogens is 740 g/mol. The number of ether oxygens (including phenoxy) is 5. The Balaban J connectivity index is 1.38. The fourth-order valence-electron chi connectivity index (χ4n) is 4.56. The first kappa shape index (κ1) is 35.3. The average Bonchev–Trinajstić information content (AvgIpc) is 3.04. The molecule has 0 bridgehead atoms. The minimum absolute atomic E-state index is 0.180. The summed E-state index contributed by atoms with van der Waals surface area (Å²) < 4.78 is 29.8. The summed E-state index contributed by atoms with van der Waals surface area (Å²) in [5.41, 5.74) is 5.31. The topological polar surface area (TPSA) is 146 Å². The van der Waals surface area contributed by atoms with Crippen LogP contribution in [0.2, 0.25) is 0 Å². The largest absolute Gasteiger partial charge is 0.493 e. The number of hydrogen-bond acceptors (Lipinski definition) is 9. The van der Waals surface area contributed by atoms with E-state index in [0.29, 0.717) is 51.8 Å². The van der Waals surface area contributed by atoms with Crippen molar-refractivity contribution in [2.45, 2.75) is 33.4 Å². The van der Waals surface area contributed by atoms with Crippen LogP contribution in [0.15, 0.2) is 79.9 Å². The Hall–Kier alpha value is -4.56. The Morgan fingerprint density at radius 2 is 1.72 bits per heavy atom. The van der Waals surface area contributed by atoms with Crippen molar-refractivity contribution in [3.05, 3.63) is 91.5 Å². The van der Waals surface area contributed by atoms with Gasteiger partial charge in [-0.15, -0.1) is 0 Å². The highest BCUT2D eigenvalue weighted by atomic mass is 79.9. The summed E-state index contributed by atoms with van der Waals surface area (Å²) in [6.45, 7) is 5.80. The lowest BCUT2D eigenvalue weighted by molar-refractivity contribution is -0.139. The highest BCUT2D eigenvalue weighted by molar-refractivity contribution is 9.10. The van der Waals surface area contributed by atoms with Gasteiger partial charge in [0.25, 0.3) is 5.91 Å². The highest BCUT2D eigenvalue weighted by Crippen LogP contribution is 2.37. The number of carbonyl (C=O) groups excluding carboxylic acids is 3. The average molecular weight is 774 g/mol. The summed E-state index contributed by atoms with van der Waals surface area (Å²) in [6.07, 6.45) is 1.48. The van der Waals surface area contributed by atoms with E-state index in [-0.39, 0.29) is 24.5 Å². The first-order chi connectivity index (χ1) is 22.6. The first-order valence-electron chi connectivity index (χ1n) is 14.5. The molecule has 1 aliphatic rings. The molecule has 1 atom stereocenters. The minimum atomic E-state index is -0.779. The van der Waals surface area contributed by atoms with Gasteiger partial charge >= 0.3 is 12.0 Å². The van der Waals surface area contributed by atoms with Crippen molar-refractivity contribution in [2.24, 2.45) is 5.10 Å². The molecule has 0 saturated heterocycles. The van der Waals surface area contributed by atoms with Crippen molar-refractivity contribution < 1.29 is 38.1 Å². The Kier molecular flexibility index (Phi) is 12.6. The molecule has 14 heteroatoms. The Bertz CT molecular complexity index is 1680. The fraction of sp³-hybridized carbons (Fsp3) is 0.273. The number of rotatable bonds is 14. The summed E-state index contributed by atoms with van der Waals surface area (Å²) in [4.78, 5) is 37.4. The zero-order valence-corrected chi connectivity index (χ0v) is 29.3. The maximum Gasteiger partial charge on any atom is 0.338 e. The van der Waals surface area contributed by atoms with Gasteiger partial charge in [0.15, 0.2) is 29.6 Å². The second kappa shape index (κ2) is 16.8. The molecule has 0 radical (unpaired) electrons. The number of methoxy groups -OCH3 is 1. The van der Waals surface area contributed by atoms with E-state index in [9.17, 15) is 14.4 Å². The van der Waals surface area contributed by atoms with Crippen LogP contribution in [0, 0.1) is 0 Å². The van der Waals surface area contributed by atoms with E-state index < -0.39 is 23.9 Å². The standard InChI is InChI=1S/C33H34Br2N4O8/c1-5-44-27-14-21(13-24(35)31(27)47-17-20-7-10-23(34)11-8-20)16-36-39-28(40)18-46-25-12-9-22(15-26(25)43-4)30-29(32(41)45-6-2)19(3)37-33(42)38-30/h7-16,30H,5-6,17-18H2,1-4H3,(H,39,40)(H2,37,38,42)/b36-16-/t30-/m0/s1. The lowest BCUT2D eigenvalue weighted by Gasteiger charge is -2.28. The summed E-state index contributed by atoms with van der Waals surface area (Å²) in [6, 6.07) is 15.0. The Morgan fingerprint density at radius 1 is 0.957 bits per heavy atom. The molecule has 0 fully saturated rings. The monoisotopic (exact) mass is 772 g/mol. The summed E-state index contributed by atoms with van der Waals surface area (Å²) in [5, 5.41) is 9.38. The molecule has 3 N–H and O–H groups in total. The Morgan fingerprint density at radius 3 is 2.43 bits per heavy atom. The second-order valence-electron chi connectivity index (χ2n) is 9.96. The molecule has 0 aromatic heterocycles. The summed E-state index contributed by atoms with van der Waals surface area (Å²) >= 11 is 6.98. The quantitative estimate of drug-likeness (QED) is 0.104. The summed E-state index contributed by atoms with van der Waals surface area (Å²) in [7, 11) is 1.44. The SMILES string of the molecule is CCOC(=O)C1=C(C)NC(=O)N[C@H]1c1ccc(OCC(=O)N/N=C\c2cc(Br)c(OCc3ccc(Br)cc3)c(OCC)c2)c(OC)c1. The van der Waals surface area contributed by atoms with Gasteiger partial charge in [-0.1, -0.05) is 34.1 Å². The molecule has 0 spiro atoms. The number of amides is 3. The van der Waals surface area contributed by atoms with E-state index in [1.54, 1.807) is 44.2 Å². The van der Waals surface area contributed by atoms with Crippen molar-refractivity contribution in [2.75, 3.05) is 26.9 Å². The molecule has 0 saturated carbocycles. The molecule has 4 rings (SSSR count). The zero-order valence-electron chi connectivity index (χ0n) is 26.1. The second-order valence-corrected chi connectivity index (χ2v) is 11.7. The molecule has 1 heterocycles. The van der Waals surface area contributed by atoms with Crippen LogP contribution in [0.3, 0.4) is 0 Å². The van der Waals surface area contributed by atoms with Crippen LogP contribution < -0.4 is 35.0 Å². The van der Waals surface area contributed by atoms with E-state index in [4.69, 9.17) is 23.7 Å². The number of hydrogen-bond donors (Lipinski definition) is 3. The highest BCUT2D eigenvalue weighted by Gasteiger charge is 2.32. The van der Waals surface area contributed by atoms with Gasteiger partial charge in [-0.25, -0.2) is 15.0 Å². The number of benzene rings is 3. The lowest BCUT2D eigenvalue weighted by Crippen LogP contribution is -2.45. The van der Waals surface area contributed by atoms with Crippen molar-refractivity contribution in [1.29, 1.82) is 0 Å². The van der Waals surface area contributed by atoms with Gasteiger partial charge in [0, 0.05) is 10.2 Å². The lowest BCUT2D eigenvalue weighted by atomic mass is 9.95. The zero-order chi connectivity index (χ0) is 33.9. The predicted octanol–water partition coefficient (Wildman–Crippen LogP) is 5.92. The number of halogens is 2. The third-order valence-corrected chi connectivity index (χ3v) is 7.79. The van der Waals surface area contributed by atoms with Crippen LogP contribution in [-0.4, -0.2) is 51.1 Å². The predicted molar refractivity (Wildman–Crippen MR) is 182 cm³/mol. The minimum Gasteiger partial charge on any atom is -0.493 e. The molecule has 47 heavy (non-hydrogen) atoms. The van der Waals surface area contributed by atoms with Gasteiger partial charge in [-0.3, -0.25) is 4.79 Å². The van der Waals surface area contributed by atoms with Crippen LogP contribution in [0.1, 0.15) is 43.5 Å². The van der Waals surface area contributed by atoms with Crippen LogP contribution in [0.5, 0.6) is 23.0 Å². The van der Waals surface area contributed by atoms with Crippen LogP contribution in [-0.2, 0) is 20.9 Å². The van der Waals surface area contributed by atoms with Crippen molar-refractivity contribution >= 4 is 56.0 Å². The van der Waals surface area contributed by atoms with E-state index >= 15 is 0 Å². The van der Waals surface area contributed by atoms with Gasteiger partial charge < -0.3 is 34.3 Å². The van der Waals surface area contributed by atoms with Gasteiger partial charge in [-0.2, -0.15) is 5.10 Å². The molecule has 3 aromatic carbocycles. The molecule has 0 aliphatic carbocycles. The van der Waals surface area contributed by atoms with Crippen molar-refractivity contribution in [3.63, 3.8) is 0 Å². The molecule has 1 aliphatic heterocycles. The number of esters is 1. The van der Waals surface area contributed by atoms with E-state index in [1.807, 2.05) is 31.2 Å². The normalized spacial score (nSPS) is 14.3. The number of allylic oxidation sites excluding steroid dienone is 1. The molecule has 3 aromatic rings. The van der Waals surface area contributed by atoms with Crippen LogP contribution in [0.4, 0.5) is 4.79 Å². The maximum absolute atomic E-state index is 12.6. The van der Waals surface area contributed by atoms with Crippen LogP contribution in [0.25, 0.3) is 0 Å². The first-order valence-corrected chi connectivity index (χ1v) is 16.1. The number of carbonyl (C=O) groups is 3. The number of urea groups is 1. The van der Waals surface area contributed by atoms with Crippen LogP contribution >= 0.6 is 31.9 Å². The number of hydrazone groups is 1. The molecule has 12 nitrogen and oxygen atoms in total. The number of nitrogens with one attached hydrogen (secondary N) is 3. The smallest absolute Gasteiger partial charge is 0.338 e. The van der Waals surface area contributed by atoms with E-state index in [2.05, 4.69) is 53.0 Å². The number of nitrogens with zero attached hydrogens (tertiary/aromatic N) is 1. The van der Waals surface area contributed by atoms with Gasteiger partial charge in [0.2, 0.25) is 0 Å². The van der Waals surface area contributed by atoms with Crippen molar-refractivity contribution in [1.82, 2.24) is 16.1 Å². The van der Waals surface area contributed by atoms with E-state index in [1.165, 1.54) is 13.3 Å². The Labute approximate surface area is 289 Å². The summed E-state index contributed by atoms with van der Waals surface area (Å²) in [5.74, 6) is 0.576. The third-order valence-electron chi connectivity index (χ3n) is 6.68. The molecular formula is C33H34Br2N4O8. The van der Waals surface area contributed by atoms with Crippen molar-refractivity contribution in [3.8, 4) is 23.0 Å². The van der Waals surface area contributed by atoms with Gasteiger partial charge in [0.1, 0.15) is 6.61 Å². The third kappa shape index (κ3) is 9.48. The van der Waals surface area contributed by atoms with E-state index in [0.717, 1.165) is 10.0 Å². The molecule has 248 valence electrons. The molecule has 3 amide bonds. The van der Waals surface area contributed by atoms with Gasteiger partial charge in [-0.05, 0) is 89.8 Å². The fourth-order valence-corrected chi connectivity index (χ4v) is 5.40.